The zero-order valence-corrected chi connectivity index (χ0v) is 10.9. The summed E-state index contributed by atoms with van der Waals surface area (Å²) in [6.45, 7) is 0. The predicted molar refractivity (Wildman–Crippen MR) is 76.0 cm³/mol. The van der Waals surface area contributed by atoms with Gasteiger partial charge in [0, 0.05) is 12.4 Å². The number of thiol groups is 1. The fourth-order valence-corrected chi connectivity index (χ4v) is 2.94. The van der Waals surface area contributed by atoms with Crippen LogP contribution in [0.4, 0.5) is 0 Å². The van der Waals surface area contributed by atoms with Crippen molar-refractivity contribution in [2.45, 2.75) is 4.71 Å². The van der Waals surface area contributed by atoms with E-state index >= 15 is 0 Å². The van der Waals surface area contributed by atoms with Gasteiger partial charge in [0.05, 0.1) is 15.9 Å². The first kappa shape index (κ1) is 11.6. The molecule has 4 nitrogen and oxygen atoms in total. The van der Waals surface area contributed by atoms with Gasteiger partial charge in [-0.1, -0.05) is 17.8 Å². The Kier molecular flexibility index (Phi) is 2.97. The summed E-state index contributed by atoms with van der Waals surface area (Å²) in [5.74, 6) is -0.0840. The molecule has 1 aromatic heterocycles. The number of fused-ring (bicyclic) bond motifs is 1. The van der Waals surface area contributed by atoms with E-state index in [0.717, 1.165) is 16.6 Å². The monoisotopic (exact) mass is 275 g/mol. The van der Waals surface area contributed by atoms with Crippen molar-refractivity contribution >= 4 is 47.4 Å². The lowest BCUT2D eigenvalue weighted by Crippen LogP contribution is -2.19. The van der Waals surface area contributed by atoms with Crippen LogP contribution in [0.25, 0.3) is 17.1 Å². The highest BCUT2D eigenvalue weighted by Gasteiger charge is 2.24. The van der Waals surface area contributed by atoms with Gasteiger partial charge >= 0.3 is 0 Å². The van der Waals surface area contributed by atoms with E-state index in [1.807, 2.05) is 24.3 Å². The van der Waals surface area contributed by atoms with Crippen molar-refractivity contribution < 1.29 is 4.79 Å². The third-order valence-corrected chi connectivity index (χ3v) is 3.85. The maximum absolute atomic E-state index is 11.6. The molecule has 0 saturated carbocycles. The number of amides is 1. The molecule has 1 amide bonds. The second-order valence-electron chi connectivity index (χ2n) is 3.76. The van der Waals surface area contributed by atoms with Gasteiger partial charge in [0.15, 0.2) is 0 Å². The highest BCUT2D eigenvalue weighted by Crippen LogP contribution is 2.31. The normalized spacial score (nSPS) is 21.5. The van der Waals surface area contributed by atoms with E-state index in [-0.39, 0.29) is 10.6 Å². The van der Waals surface area contributed by atoms with Crippen LogP contribution in [0.2, 0.25) is 0 Å². The zero-order valence-electron chi connectivity index (χ0n) is 9.20. The minimum Gasteiger partial charge on any atom is -0.331 e. The molecule has 1 aromatic carbocycles. The van der Waals surface area contributed by atoms with Crippen molar-refractivity contribution in [1.29, 1.82) is 0 Å². The number of rotatable bonds is 1. The lowest BCUT2D eigenvalue weighted by atomic mass is 10.2. The van der Waals surface area contributed by atoms with Crippen LogP contribution in [0.3, 0.4) is 0 Å². The molecule has 6 heteroatoms. The number of thioether (sulfide) groups is 1. The van der Waals surface area contributed by atoms with Gasteiger partial charge in [-0.25, -0.2) is 0 Å². The number of nitrogens with one attached hydrogen (secondary N) is 1. The van der Waals surface area contributed by atoms with Crippen LogP contribution in [0.5, 0.6) is 0 Å². The second-order valence-corrected chi connectivity index (χ2v) is 5.77. The summed E-state index contributed by atoms with van der Waals surface area (Å²) >= 11 is 5.61. The summed E-state index contributed by atoms with van der Waals surface area (Å²) in [6.07, 6.45) is 5.15. The van der Waals surface area contributed by atoms with Crippen LogP contribution in [-0.2, 0) is 4.79 Å². The van der Waals surface area contributed by atoms with Gasteiger partial charge in [-0.15, -0.1) is 12.6 Å². The number of hydrogen-bond acceptors (Lipinski definition) is 5. The van der Waals surface area contributed by atoms with Gasteiger partial charge in [-0.3, -0.25) is 14.8 Å². The van der Waals surface area contributed by atoms with Crippen molar-refractivity contribution in [2.24, 2.45) is 0 Å². The highest BCUT2D eigenvalue weighted by molar-refractivity contribution is 8.14. The lowest BCUT2D eigenvalue weighted by Gasteiger charge is -1.98. The average molecular weight is 275 g/mol. The predicted octanol–water partition coefficient (Wildman–Crippen LogP) is 2.05. The molecule has 2 aromatic rings. The van der Waals surface area contributed by atoms with E-state index in [1.165, 1.54) is 11.8 Å². The number of nitrogens with zero attached hydrogens (tertiary/aromatic N) is 2. The van der Waals surface area contributed by atoms with Gasteiger partial charge in [0.25, 0.3) is 5.91 Å². The van der Waals surface area contributed by atoms with Crippen molar-refractivity contribution in [3.63, 3.8) is 0 Å². The van der Waals surface area contributed by atoms with Crippen molar-refractivity contribution in [2.75, 3.05) is 0 Å². The Hall–Kier alpha value is -1.53. The largest absolute Gasteiger partial charge is 0.331 e. The fourth-order valence-electron chi connectivity index (χ4n) is 1.71. The van der Waals surface area contributed by atoms with E-state index in [4.69, 9.17) is 0 Å². The molecule has 3 rings (SSSR count). The molecule has 0 aliphatic carbocycles. The second kappa shape index (κ2) is 4.62. The van der Waals surface area contributed by atoms with Gasteiger partial charge in [0.2, 0.25) is 0 Å². The van der Waals surface area contributed by atoms with E-state index in [9.17, 15) is 4.79 Å². The van der Waals surface area contributed by atoms with Crippen LogP contribution in [0.15, 0.2) is 35.5 Å². The molecular weight excluding hydrogens is 266 g/mol. The van der Waals surface area contributed by atoms with Gasteiger partial charge in [-0.2, -0.15) is 0 Å². The third-order valence-electron chi connectivity index (χ3n) is 2.51. The molecule has 18 heavy (non-hydrogen) atoms. The van der Waals surface area contributed by atoms with Crippen LogP contribution < -0.4 is 5.32 Å². The standard InChI is InChI=1S/C12H9N3OS2/c16-11-10(18-12(17)15-11)6-7-1-2-8-9(5-7)14-4-3-13-8/h1-6,12,17H,(H,15,16)/b10-6-. The third kappa shape index (κ3) is 2.21. The summed E-state index contributed by atoms with van der Waals surface area (Å²) in [5, 5.41) is 2.72. The minimum atomic E-state index is -0.163. The van der Waals surface area contributed by atoms with Crippen molar-refractivity contribution in [3.05, 3.63) is 41.1 Å². The number of hydrogen-bond donors (Lipinski definition) is 2. The Labute approximate surface area is 113 Å². The smallest absolute Gasteiger partial charge is 0.259 e. The molecule has 1 fully saturated rings. The highest BCUT2D eigenvalue weighted by atomic mass is 32.2. The molecule has 1 aliphatic heterocycles. The summed E-state index contributed by atoms with van der Waals surface area (Å²) in [7, 11) is 0. The first-order valence-electron chi connectivity index (χ1n) is 5.30. The number of benzene rings is 1. The van der Waals surface area contributed by atoms with Gasteiger partial charge in [-0.05, 0) is 23.8 Å². The lowest BCUT2D eigenvalue weighted by molar-refractivity contribution is -0.116. The molecule has 1 saturated heterocycles. The Morgan fingerprint density at radius 2 is 2.06 bits per heavy atom. The van der Waals surface area contributed by atoms with Crippen LogP contribution in [-0.4, -0.2) is 20.6 Å². The van der Waals surface area contributed by atoms with Crippen LogP contribution in [0.1, 0.15) is 5.56 Å². The molecule has 1 N–H and O–H groups in total. The molecule has 0 spiro atoms. The summed E-state index contributed by atoms with van der Waals surface area (Å²) in [5.41, 5.74) is 2.59. The Morgan fingerprint density at radius 3 is 2.78 bits per heavy atom. The van der Waals surface area contributed by atoms with Crippen LogP contribution >= 0.6 is 24.4 Å². The topological polar surface area (TPSA) is 54.9 Å². The van der Waals surface area contributed by atoms with E-state index in [1.54, 1.807) is 12.4 Å². The summed E-state index contributed by atoms with van der Waals surface area (Å²) in [4.78, 5) is 20.7. The first-order chi connectivity index (χ1) is 8.72. The molecular formula is C12H9N3OS2. The SMILES string of the molecule is O=C1NC(S)S/C1=C\c1ccc2nccnc2c1. The maximum Gasteiger partial charge on any atom is 0.259 e. The van der Waals surface area contributed by atoms with Gasteiger partial charge < -0.3 is 5.32 Å². The molecule has 1 atom stereocenters. The van der Waals surface area contributed by atoms with Crippen LogP contribution in [0, 0.1) is 0 Å². The van der Waals surface area contributed by atoms with E-state index < -0.39 is 0 Å². The molecule has 0 radical (unpaired) electrons. The van der Waals surface area contributed by atoms with E-state index in [0.29, 0.717) is 4.91 Å². The van der Waals surface area contributed by atoms with Gasteiger partial charge in [0.1, 0.15) is 4.71 Å². The minimum absolute atomic E-state index is 0.0840. The van der Waals surface area contributed by atoms with Crippen molar-refractivity contribution in [1.82, 2.24) is 15.3 Å². The molecule has 2 heterocycles. The number of carbonyl (C=O) groups excluding carboxylic acids is 1. The Balaban J connectivity index is 2.00. The maximum atomic E-state index is 11.6. The first-order valence-corrected chi connectivity index (χ1v) is 6.70. The average Bonchev–Trinajstić information content (AvgIpc) is 2.68. The Morgan fingerprint density at radius 1 is 1.28 bits per heavy atom. The fraction of sp³-hybridized carbons (Fsp3) is 0.0833. The Bertz CT molecular complexity index is 657. The quantitative estimate of drug-likeness (QED) is 0.618. The number of carbonyl (C=O) groups is 1. The number of aromatic nitrogens is 2. The van der Waals surface area contributed by atoms with E-state index in [2.05, 4.69) is 27.9 Å². The zero-order chi connectivity index (χ0) is 12.5. The molecule has 0 bridgehead atoms. The molecule has 90 valence electrons. The summed E-state index contributed by atoms with van der Waals surface area (Å²) < 4.78 is -0.163. The molecule has 1 aliphatic rings. The van der Waals surface area contributed by atoms with Crippen molar-refractivity contribution in [3.8, 4) is 0 Å². The molecule has 1 unspecified atom stereocenters. The summed E-state index contributed by atoms with van der Waals surface area (Å²) in [6, 6.07) is 5.73.